The van der Waals surface area contributed by atoms with Gasteiger partial charge >= 0.3 is 0 Å². The van der Waals surface area contributed by atoms with Crippen LogP contribution in [0.1, 0.15) is 90.5 Å². The summed E-state index contributed by atoms with van der Waals surface area (Å²) in [5, 5.41) is 0. The minimum absolute atomic E-state index is 0. The van der Waals surface area contributed by atoms with E-state index in [2.05, 4.69) is 27.7 Å². The van der Waals surface area contributed by atoms with Crippen molar-refractivity contribution in [1.29, 1.82) is 0 Å². The molecule has 0 atom stereocenters. The standard InChI is InChI=1S/C5H12.4C2H6.CH4.Ar/c1-5(2,3)4;4*1-2;;/h1-4H3;4*1-2H3;1H4;. The molecule has 0 saturated carbocycles. The molecule has 0 aromatic heterocycles. The molecule has 0 rings (SSSR count). The van der Waals surface area contributed by atoms with E-state index in [-0.39, 0.29) is 45.2 Å². The second kappa shape index (κ2) is 58.9. The third-order valence-electron chi connectivity index (χ3n) is 0. The van der Waals surface area contributed by atoms with Gasteiger partial charge in [0.2, 0.25) is 0 Å². The van der Waals surface area contributed by atoms with E-state index < -0.39 is 0 Å². The van der Waals surface area contributed by atoms with Crippen LogP contribution < -0.4 is 0 Å². The van der Waals surface area contributed by atoms with E-state index in [9.17, 15) is 0 Å². The topological polar surface area (TPSA) is 0 Å². The zero-order chi connectivity index (χ0) is 12.5. The molecule has 15 heavy (non-hydrogen) atoms. The average molecular weight is 248 g/mol. The van der Waals surface area contributed by atoms with Gasteiger partial charge in [0, 0.05) is 37.7 Å². The molecular weight excluding hydrogens is 208 g/mol. The molecule has 0 aromatic carbocycles. The van der Waals surface area contributed by atoms with Gasteiger partial charge in [-0.1, -0.05) is 90.5 Å². The summed E-state index contributed by atoms with van der Waals surface area (Å²) in [6.45, 7) is 24.8. The smallest absolute Gasteiger partial charge is 0 e. The third-order valence-corrected chi connectivity index (χ3v) is 0. The number of hydrogen-bond donors (Lipinski definition) is 0. The van der Waals surface area contributed by atoms with E-state index in [1.165, 1.54) is 0 Å². The minimum Gasteiger partial charge on any atom is -0.0776 e. The van der Waals surface area contributed by atoms with Gasteiger partial charge in [-0.3, -0.25) is 0 Å². The molecule has 0 spiro atoms. The molecule has 0 heterocycles. The average Bonchev–Trinajstić information content (AvgIpc) is 2.14. The molecule has 0 radical (unpaired) electrons. The molecule has 0 aliphatic rings. The first-order valence-corrected chi connectivity index (χ1v) is 6.00. The van der Waals surface area contributed by atoms with Crippen molar-refractivity contribution in [3.8, 4) is 0 Å². The summed E-state index contributed by atoms with van der Waals surface area (Å²) in [5.74, 6) is 0. The van der Waals surface area contributed by atoms with Gasteiger partial charge in [0.05, 0.1) is 0 Å². The molecule has 0 aliphatic carbocycles. The van der Waals surface area contributed by atoms with Crippen molar-refractivity contribution in [2.75, 3.05) is 0 Å². The SMILES string of the molecule is C.CC.CC.CC.CC.CC(C)(C)C.[Ar]. The molecule has 0 aromatic rings. The fraction of sp³-hybridized carbons (Fsp3) is 1.00. The monoisotopic (exact) mass is 248 g/mol. The summed E-state index contributed by atoms with van der Waals surface area (Å²) >= 11 is 0. The van der Waals surface area contributed by atoms with Crippen LogP contribution in [0.15, 0.2) is 0 Å². The Labute approximate surface area is 133 Å². The van der Waals surface area contributed by atoms with Crippen LogP contribution in [0.4, 0.5) is 0 Å². The van der Waals surface area contributed by atoms with Crippen LogP contribution in [0.25, 0.3) is 0 Å². The van der Waals surface area contributed by atoms with Crippen molar-refractivity contribution in [1.82, 2.24) is 0 Å². The van der Waals surface area contributed by atoms with Gasteiger partial charge in [-0.05, 0) is 5.41 Å². The first-order chi connectivity index (χ1) is 6.00. The summed E-state index contributed by atoms with van der Waals surface area (Å²) in [6.07, 6.45) is 0. The van der Waals surface area contributed by atoms with Crippen molar-refractivity contribution in [3.05, 3.63) is 0 Å². The van der Waals surface area contributed by atoms with E-state index in [1.807, 2.05) is 55.4 Å². The third kappa shape index (κ3) is 1690. The van der Waals surface area contributed by atoms with Crippen LogP contribution in [0.2, 0.25) is 0 Å². The second-order valence-electron chi connectivity index (χ2n) is 3.00. The molecule has 0 saturated heterocycles. The Hall–Kier alpha value is 1.26. The maximum Gasteiger partial charge on any atom is 0 e. The maximum atomic E-state index is 2.19. The summed E-state index contributed by atoms with van der Waals surface area (Å²) in [7, 11) is 0. The Bertz CT molecular complexity index is 20.8. The molecule has 1 heteroatoms. The first-order valence-electron chi connectivity index (χ1n) is 6.00. The number of rotatable bonds is 0. The van der Waals surface area contributed by atoms with Crippen LogP contribution >= 0.6 is 0 Å². The Morgan fingerprint density at radius 1 is 0.467 bits per heavy atom. The van der Waals surface area contributed by atoms with Crippen LogP contribution in [-0.4, -0.2) is 0 Å². The minimum atomic E-state index is 0. The van der Waals surface area contributed by atoms with Crippen LogP contribution in [0, 0.1) is 43.2 Å². The van der Waals surface area contributed by atoms with Gasteiger partial charge in [-0.15, -0.1) is 0 Å². The first kappa shape index (κ1) is 44.2. The Kier molecular flexibility index (Phi) is 173. The summed E-state index contributed by atoms with van der Waals surface area (Å²) < 4.78 is 0. The molecule has 0 aliphatic heterocycles. The van der Waals surface area contributed by atoms with E-state index in [0.717, 1.165) is 0 Å². The van der Waals surface area contributed by atoms with Crippen molar-refractivity contribution in [2.24, 2.45) is 5.41 Å². The zero-order valence-electron chi connectivity index (χ0n) is 12.9. The molecule has 0 bridgehead atoms. The molecule has 0 N–H and O–H groups in total. The predicted molar refractivity (Wildman–Crippen MR) is 77.3 cm³/mol. The van der Waals surface area contributed by atoms with Gasteiger partial charge < -0.3 is 0 Å². The normalized spacial score (nSPS) is 5.60. The zero-order valence-corrected chi connectivity index (χ0v) is 13.6. The molecular formula is C14H40Ar. The predicted octanol–water partition coefficient (Wildman–Crippen LogP) is 6.79. The van der Waals surface area contributed by atoms with E-state index >= 15 is 0 Å². The summed E-state index contributed by atoms with van der Waals surface area (Å²) in [5.41, 5.74) is 0.500. The van der Waals surface area contributed by atoms with Crippen LogP contribution in [-0.2, 0) is 0 Å². The van der Waals surface area contributed by atoms with Crippen molar-refractivity contribution >= 4 is 0 Å². The fourth-order valence-corrected chi connectivity index (χ4v) is 0. The van der Waals surface area contributed by atoms with E-state index in [1.54, 1.807) is 0 Å². The molecule has 0 unspecified atom stereocenters. The Morgan fingerprint density at radius 3 is 0.467 bits per heavy atom. The van der Waals surface area contributed by atoms with E-state index in [4.69, 9.17) is 0 Å². The summed E-state index contributed by atoms with van der Waals surface area (Å²) in [4.78, 5) is 0. The van der Waals surface area contributed by atoms with Crippen LogP contribution in [0.5, 0.6) is 0 Å². The van der Waals surface area contributed by atoms with Gasteiger partial charge in [-0.25, -0.2) is 0 Å². The quantitative estimate of drug-likeness (QED) is 0.442. The maximum absolute atomic E-state index is 2.19. The van der Waals surface area contributed by atoms with Gasteiger partial charge in [0.15, 0.2) is 0 Å². The van der Waals surface area contributed by atoms with Gasteiger partial charge in [0.25, 0.3) is 0 Å². The van der Waals surface area contributed by atoms with Crippen LogP contribution in [0.3, 0.4) is 0 Å². The fourth-order valence-electron chi connectivity index (χ4n) is 0. The Balaban J connectivity index is -0.0000000113. The number of hydrogen-bond acceptors (Lipinski definition) is 0. The van der Waals surface area contributed by atoms with Gasteiger partial charge in [0.1, 0.15) is 0 Å². The molecule has 0 nitrogen and oxygen atoms in total. The molecule has 0 fully saturated rings. The summed E-state index contributed by atoms with van der Waals surface area (Å²) in [6, 6.07) is 0. The van der Waals surface area contributed by atoms with Crippen molar-refractivity contribution in [2.45, 2.75) is 90.5 Å². The largest absolute Gasteiger partial charge is 0.0776 e. The van der Waals surface area contributed by atoms with Crippen molar-refractivity contribution in [3.63, 3.8) is 0 Å². The Morgan fingerprint density at radius 2 is 0.467 bits per heavy atom. The van der Waals surface area contributed by atoms with E-state index in [0.29, 0.717) is 5.41 Å². The van der Waals surface area contributed by atoms with Gasteiger partial charge in [-0.2, -0.15) is 0 Å². The van der Waals surface area contributed by atoms with Crippen molar-refractivity contribution < 1.29 is 37.7 Å². The molecule has 0 amide bonds. The molecule has 104 valence electrons. The second-order valence-corrected chi connectivity index (χ2v) is 3.00.